The van der Waals surface area contributed by atoms with Gasteiger partial charge in [0.25, 0.3) is 5.60 Å². The van der Waals surface area contributed by atoms with Crippen molar-refractivity contribution in [2.24, 2.45) is 23.2 Å². The van der Waals surface area contributed by atoms with Crippen molar-refractivity contribution in [3.8, 4) is 0 Å². The third-order valence-corrected chi connectivity index (χ3v) is 15.4. The number of nitrogens with two attached hydrogens (primary N) is 1. The van der Waals surface area contributed by atoms with Gasteiger partial charge in [-0.05, 0) is 141 Å². The predicted molar refractivity (Wildman–Crippen MR) is 254 cm³/mol. The number of allylic oxidation sites excluding steroid dienone is 3. The summed E-state index contributed by atoms with van der Waals surface area (Å²) in [5, 5.41) is 21.3. The largest absolute Gasteiger partial charge is 0.463 e. The van der Waals surface area contributed by atoms with Crippen LogP contribution in [0.3, 0.4) is 0 Å². The fraction of sp³-hybridized carbons (Fsp3) is 0.566. The maximum Gasteiger partial charge on any atom is 0.350 e. The lowest BCUT2D eigenvalue weighted by Gasteiger charge is -2.42. The Morgan fingerprint density at radius 3 is 2.58 bits per heavy atom. The number of rotatable bonds is 18. The van der Waals surface area contributed by atoms with Crippen molar-refractivity contribution in [2.75, 3.05) is 44.5 Å². The third-order valence-electron chi connectivity index (χ3n) is 15.4. The molecule has 0 amide bonds. The minimum atomic E-state index is -2.18. The highest BCUT2D eigenvalue weighted by atomic mass is 16.7. The number of fused-ring (bicyclic) bond motifs is 3. The lowest BCUT2D eigenvalue weighted by Crippen LogP contribution is -2.52. The molecule has 1 aromatic carbocycles. The van der Waals surface area contributed by atoms with Gasteiger partial charge in [-0.1, -0.05) is 82.0 Å². The van der Waals surface area contributed by atoms with Gasteiger partial charge in [0.05, 0.1) is 19.9 Å². The molecule has 8 rings (SSSR count). The molecule has 0 bridgehead atoms. The van der Waals surface area contributed by atoms with Gasteiger partial charge in [0, 0.05) is 41.9 Å². The molecule has 65 heavy (non-hydrogen) atoms. The first-order valence-corrected chi connectivity index (χ1v) is 24.1. The van der Waals surface area contributed by atoms with E-state index in [2.05, 4.69) is 71.0 Å². The number of hydrogen-bond acceptors (Lipinski definition) is 12. The van der Waals surface area contributed by atoms with Crippen LogP contribution in [-0.2, 0) is 32.5 Å². The van der Waals surface area contributed by atoms with E-state index in [1.165, 1.54) is 5.56 Å². The summed E-state index contributed by atoms with van der Waals surface area (Å²) in [4.78, 5) is 54.6. The number of nitrogen functional groups attached to an aromatic ring is 1. The molecule has 3 fully saturated rings. The van der Waals surface area contributed by atoms with Crippen molar-refractivity contribution >= 4 is 29.2 Å². The molecule has 2 aromatic heterocycles. The number of ether oxygens (including phenoxy) is 2. The van der Waals surface area contributed by atoms with Crippen LogP contribution in [0.1, 0.15) is 136 Å². The highest BCUT2D eigenvalue weighted by Crippen LogP contribution is 2.60. The third kappa shape index (κ3) is 9.20. The first-order valence-electron chi connectivity index (χ1n) is 24.1. The van der Waals surface area contributed by atoms with Crippen LogP contribution in [0.2, 0.25) is 0 Å². The molecular weight excluding hydrogens is 817 g/mol. The van der Waals surface area contributed by atoms with Crippen molar-refractivity contribution in [1.29, 1.82) is 0 Å². The average Bonchev–Trinajstić information content (AvgIpc) is 4.01. The van der Waals surface area contributed by atoms with Crippen LogP contribution < -0.4 is 21.7 Å². The second-order valence-electron chi connectivity index (χ2n) is 20.5. The Hall–Kier alpha value is -4.75. The number of hydrogen-bond donors (Lipinski definition) is 5. The molecule has 2 saturated carbocycles. The van der Waals surface area contributed by atoms with Crippen LogP contribution >= 0.6 is 0 Å². The molecule has 348 valence electrons. The predicted octanol–water partition coefficient (Wildman–Crippen LogP) is 7.85. The molecule has 3 aromatic rings. The minimum absolute atomic E-state index is 0.0426. The number of aliphatic hydroxyl groups is 1. The van der Waals surface area contributed by atoms with Gasteiger partial charge in [0.1, 0.15) is 11.6 Å². The summed E-state index contributed by atoms with van der Waals surface area (Å²) < 4.78 is 12.9. The summed E-state index contributed by atoms with van der Waals surface area (Å²) in [5.74, 6) is 0.477. The Morgan fingerprint density at radius 1 is 1.03 bits per heavy atom. The molecule has 12 nitrogen and oxygen atoms in total. The Morgan fingerprint density at radius 2 is 1.85 bits per heavy atom. The number of epoxide rings is 1. The monoisotopic (exact) mass is 887 g/mol. The maximum absolute atomic E-state index is 15.5. The molecule has 3 heterocycles. The number of Topliss-reactive ketones (excluding diaryl/α,β-unsaturated/α-hetero) is 2. The fourth-order valence-electron chi connectivity index (χ4n) is 12.1. The minimum Gasteiger partial charge on any atom is -0.463 e. The number of nitrogens with zero attached hydrogens (tertiary/aromatic N) is 2. The standard InChI is InChI=1S/C53H70N6O6/c1-6-56-43-24-37-14-9-8-13-36(37)23-39(43)32-64-49(63)53-48(62)46-38(28-50(3,4)27-35-17-18-44(54)58-30-35)15-12-16-42(46)47(61)52(53,65-53)29-40(31-60)34(2)26-51(20-10-7-11-21-51)41-19-22-57-45(25-41)59-33-55-5/h9,12,14-19,22,25,30,36-37,39,43,55-56,60H,6-8,10-11,13,20-21,23-24,26-29,31-33H2,1-5H3,(H2,54,58)(H,57,59)/b40-34-/t36-,37+,39+,43-,52-,53-/m0/s1. The molecule has 0 radical (unpaired) electrons. The summed E-state index contributed by atoms with van der Waals surface area (Å²) in [5.41, 5.74) is 6.09. The zero-order valence-electron chi connectivity index (χ0n) is 39.1. The Labute approximate surface area is 385 Å². The van der Waals surface area contributed by atoms with Crippen LogP contribution in [0.4, 0.5) is 11.6 Å². The van der Waals surface area contributed by atoms with Crippen molar-refractivity contribution in [3.63, 3.8) is 0 Å². The number of nitrogens with one attached hydrogen (secondary N) is 3. The molecule has 1 aliphatic heterocycles. The maximum atomic E-state index is 15.5. The second kappa shape index (κ2) is 19.2. The number of esters is 1. The topological polar surface area (TPSA) is 181 Å². The number of carbonyl (C=O) groups is 3. The zero-order chi connectivity index (χ0) is 46.0. The van der Waals surface area contributed by atoms with E-state index < -0.39 is 28.7 Å². The highest BCUT2D eigenvalue weighted by Gasteiger charge is 2.86. The zero-order valence-corrected chi connectivity index (χ0v) is 39.1. The number of ketones is 2. The van der Waals surface area contributed by atoms with E-state index in [9.17, 15) is 5.11 Å². The Kier molecular flexibility index (Phi) is 13.8. The van der Waals surface area contributed by atoms with E-state index in [0.717, 1.165) is 81.3 Å². The van der Waals surface area contributed by atoms with Crippen LogP contribution in [0.15, 0.2) is 78.2 Å². The second-order valence-corrected chi connectivity index (χ2v) is 20.5. The summed E-state index contributed by atoms with van der Waals surface area (Å²) in [7, 11) is 1.88. The van der Waals surface area contributed by atoms with E-state index in [1.807, 2.05) is 38.4 Å². The lowest BCUT2D eigenvalue weighted by atomic mass is 9.65. The number of pyridine rings is 2. The summed E-state index contributed by atoms with van der Waals surface area (Å²) in [6.45, 7) is 9.46. The van der Waals surface area contributed by atoms with Gasteiger partial charge in [0.2, 0.25) is 5.78 Å². The van der Waals surface area contributed by atoms with Gasteiger partial charge in [-0.25, -0.2) is 14.8 Å². The van der Waals surface area contributed by atoms with Crippen molar-refractivity contribution in [1.82, 2.24) is 20.6 Å². The normalized spacial score (nSPS) is 27.2. The van der Waals surface area contributed by atoms with Crippen LogP contribution in [0, 0.1) is 23.2 Å². The fourth-order valence-corrected chi connectivity index (χ4v) is 12.1. The smallest absolute Gasteiger partial charge is 0.350 e. The SMILES string of the molecule is CCN[C@H]1C[C@H]2C=CCC[C@H]2C[C@@H]1COC(=O)[C@]12O[C@@]1(C/C(CO)=C(\C)CC1(c3ccnc(NCNC)c3)CCCCC1)C(=O)c1cccc(CC(C)(C)Cc3ccc(N)nc3)c1C2=O. The molecule has 0 unspecified atom stereocenters. The van der Waals surface area contributed by atoms with Crippen LogP contribution in [0.5, 0.6) is 0 Å². The molecule has 1 saturated heterocycles. The van der Waals surface area contributed by atoms with E-state index in [1.54, 1.807) is 18.3 Å². The molecule has 5 aliphatic rings. The molecule has 4 aliphatic carbocycles. The Bertz CT molecular complexity index is 2300. The number of aliphatic hydroxyl groups excluding tert-OH is 1. The van der Waals surface area contributed by atoms with E-state index in [0.29, 0.717) is 54.7 Å². The molecule has 0 spiro atoms. The first-order chi connectivity index (χ1) is 31.3. The highest BCUT2D eigenvalue weighted by molar-refractivity contribution is 6.33. The quantitative estimate of drug-likeness (QED) is 0.0275. The van der Waals surface area contributed by atoms with Crippen molar-refractivity contribution in [3.05, 3.63) is 106 Å². The van der Waals surface area contributed by atoms with Gasteiger partial charge in [-0.2, -0.15) is 0 Å². The van der Waals surface area contributed by atoms with Gasteiger partial charge >= 0.3 is 5.97 Å². The first kappa shape index (κ1) is 46.8. The van der Waals surface area contributed by atoms with Gasteiger partial charge in [-0.3, -0.25) is 9.59 Å². The van der Waals surface area contributed by atoms with Gasteiger partial charge in [-0.15, -0.1) is 0 Å². The van der Waals surface area contributed by atoms with Crippen molar-refractivity contribution < 1.29 is 29.0 Å². The van der Waals surface area contributed by atoms with Crippen molar-refractivity contribution in [2.45, 2.75) is 134 Å². The number of carbonyl (C=O) groups excluding carboxylic acids is 3. The molecular formula is C53H70N6O6. The molecule has 12 heteroatoms. The van der Waals surface area contributed by atoms with Crippen LogP contribution in [-0.4, -0.2) is 83.3 Å². The number of anilines is 2. The average molecular weight is 887 g/mol. The van der Waals surface area contributed by atoms with Gasteiger partial charge in [0.15, 0.2) is 11.4 Å². The summed E-state index contributed by atoms with van der Waals surface area (Å²) in [6.07, 6.45) is 19.1. The number of benzene rings is 1. The molecule has 6 N–H and O–H groups in total. The number of aromatic nitrogens is 2. The molecule has 6 atom stereocenters. The summed E-state index contributed by atoms with van der Waals surface area (Å²) in [6, 6.07) is 13.5. The van der Waals surface area contributed by atoms with Gasteiger partial charge < -0.3 is 36.3 Å². The summed E-state index contributed by atoms with van der Waals surface area (Å²) >= 11 is 0. The van der Waals surface area contributed by atoms with Crippen LogP contribution in [0.25, 0.3) is 0 Å². The lowest BCUT2D eigenvalue weighted by molar-refractivity contribution is -0.150. The van der Waals surface area contributed by atoms with E-state index in [-0.39, 0.29) is 53.6 Å². The van der Waals surface area contributed by atoms with E-state index in [4.69, 9.17) is 15.2 Å². The van der Waals surface area contributed by atoms with E-state index >= 15 is 14.4 Å². The Balaban J connectivity index is 1.14.